The Balaban J connectivity index is 2.00. The fourth-order valence-electron chi connectivity index (χ4n) is 1.69. The van der Waals surface area contributed by atoms with Crippen LogP contribution in [-0.4, -0.2) is 11.6 Å². The molecule has 0 saturated carbocycles. The number of para-hydroxylation sites is 1. The van der Waals surface area contributed by atoms with Crippen LogP contribution in [0.2, 0.25) is 5.02 Å². The molecule has 0 unspecified atom stereocenters. The molecular formula is C13H15ClN2OS. The molecule has 1 aromatic heterocycles. The van der Waals surface area contributed by atoms with E-state index in [9.17, 15) is 0 Å². The fourth-order valence-corrected chi connectivity index (χ4v) is 2.70. The maximum atomic E-state index is 6.11. The van der Waals surface area contributed by atoms with Gasteiger partial charge in [-0.15, -0.1) is 11.3 Å². The molecule has 0 spiro atoms. The number of halogens is 1. The molecule has 5 heteroatoms. The van der Waals surface area contributed by atoms with E-state index in [4.69, 9.17) is 22.1 Å². The van der Waals surface area contributed by atoms with Gasteiger partial charge in [-0.25, -0.2) is 4.98 Å². The predicted octanol–water partition coefficient (Wildman–Crippen LogP) is 3.19. The van der Waals surface area contributed by atoms with Gasteiger partial charge >= 0.3 is 0 Å². The minimum Gasteiger partial charge on any atom is -0.491 e. The van der Waals surface area contributed by atoms with E-state index in [1.54, 1.807) is 11.3 Å². The first kappa shape index (κ1) is 13.3. The van der Waals surface area contributed by atoms with Crippen LogP contribution in [0.15, 0.2) is 23.7 Å². The van der Waals surface area contributed by atoms with E-state index in [0.29, 0.717) is 23.9 Å². The summed E-state index contributed by atoms with van der Waals surface area (Å²) in [7, 11) is 0. The fraction of sp³-hybridized carbons (Fsp3) is 0.308. The normalized spacial score (nSPS) is 10.6. The average molecular weight is 283 g/mol. The largest absolute Gasteiger partial charge is 0.491 e. The van der Waals surface area contributed by atoms with E-state index < -0.39 is 0 Å². The minimum atomic E-state index is 0.426. The third-order valence-electron chi connectivity index (χ3n) is 2.69. The maximum absolute atomic E-state index is 6.11. The van der Waals surface area contributed by atoms with Crippen molar-refractivity contribution in [3.8, 4) is 5.75 Å². The van der Waals surface area contributed by atoms with Crippen LogP contribution in [0.5, 0.6) is 5.75 Å². The number of aryl methyl sites for hydroxylation is 1. The van der Waals surface area contributed by atoms with Crippen molar-refractivity contribution in [1.29, 1.82) is 0 Å². The maximum Gasteiger partial charge on any atom is 0.142 e. The van der Waals surface area contributed by atoms with Crippen LogP contribution < -0.4 is 10.5 Å². The Hall–Kier alpha value is -1.10. The molecule has 96 valence electrons. The molecule has 0 radical (unpaired) electrons. The molecule has 0 saturated heterocycles. The summed E-state index contributed by atoms with van der Waals surface area (Å²) < 4.78 is 5.75. The Morgan fingerprint density at radius 1 is 1.44 bits per heavy atom. The summed E-state index contributed by atoms with van der Waals surface area (Å²) in [6.45, 7) is 3.02. The highest BCUT2D eigenvalue weighted by atomic mass is 35.5. The lowest BCUT2D eigenvalue weighted by molar-refractivity contribution is 0.319. The van der Waals surface area contributed by atoms with Crippen molar-refractivity contribution in [1.82, 2.24) is 4.98 Å². The van der Waals surface area contributed by atoms with Crippen LogP contribution in [-0.2, 0) is 13.0 Å². The molecule has 1 aromatic carbocycles. The van der Waals surface area contributed by atoms with Crippen molar-refractivity contribution in [2.24, 2.45) is 5.73 Å². The average Bonchev–Trinajstić information content (AvgIpc) is 2.77. The number of thiazole rings is 1. The Kier molecular flexibility index (Phi) is 4.58. The van der Waals surface area contributed by atoms with Crippen LogP contribution in [0.25, 0.3) is 0 Å². The van der Waals surface area contributed by atoms with Crippen LogP contribution in [0.3, 0.4) is 0 Å². The van der Waals surface area contributed by atoms with Gasteiger partial charge in [0.25, 0.3) is 0 Å². The molecule has 3 nitrogen and oxygen atoms in total. The van der Waals surface area contributed by atoms with Crippen molar-refractivity contribution in [2.45, 2.75) is 19.9 Å². The lowest BCUT2D eigenvalue weighted by Gasteiger charge is -2.11. The first-order valence-corrected chi connectivity index (χ1v) is 6.97. The highest BCUT2D eigenvalue weighted by molar-refractivity contribution is 7.09. The molecule has 0 fully saturated rings. The van der Waals surface area contributed by atoms with E-state index >= 15 is 0 Å². The summed E-state index contributed by atoms with van der Waals surface area (Å²) in [4.78, 5) is 5.46. The van der Waals surface area contributed by atoms with Gasteiger partial charge in [0.15, 0.2) is 0 Å². The van der Waals surface area contributed by atoms with E-state index in [2.05, 4.69) is 4.98 Å². The smallest absolute Gasteiger partial charge is 0.142 e. The predicted molar refractivity (Wildman–Crippen MR) is 75.4 cm³/mol. The number of ether oxygens (including phenoxy) is 1. The first-order chi connectivity index (χ1) is 8.72. The van der Waals surface area contributed by atoms with Gasteiger partial charge in [-0.3, -0.25) is 0 Å². The molecule has 2 aromatic rings. The van der Waals surface area contributed by atoms with Crippen LogP contribution in [0, 0.1) is 6.92 Å². The molecule has 2 N–H and O–H groups in total. The van der Waals surface area contributed by atoms with Gasteiger partial charge in [0.05, 0.1) is 22.8 Å². The van der Waals surface area contributed by atoms with Gasteiger partial charge in [0.1, 0.15) is 5.75 Å². The highest BCUT2D eigenvalue weighted by Gasteiger charge is 2.08. The van der Waals surface area contributed by atoms with Crippen molar-refractivity contribution >= 4 is 22.9 Å². The molecule has 0 aliphatic carbocycles. The Morgan fingerprint density at radius 3 is 2.94 bits per heavy atom. The molecule has 2 rings (SSSR count). The summed E-state index contributed by atoms with van der Waals surface area (Å²) in [5.41, 5.74) is 9.52. The standard InChI is InChI=1S/C13H15ClN2OS/c1-9-12(18-8-16-9)5-6-17-13-10(7-15)3-2-4-11(13)14/h2-4,8H,5-7,15H2,1H3. The minimum absolute atomic E-state index is 0.426. The molecular weight excluding hydrogens is 268 g/mol. The van der Waals surface area contributed by atoms with E-state index in [1.807, 2.05) is 30.6 Å². The quantitative estimate of drug-likeness (QED) is 0.916. The van der Waals surface area contributed by atoms with Crippen LogP contribution >= 0.6 is 22.9 Å². The first-order valence-electron chi connectivity index (χ1n) is 5.71. The number of nitrogens with two attached hydrogens (primary N) is 1. The van der Waals surface area contributed by atoms with Crippen LogP contribution in [0.4, 0.5) is 0 Å². The van der Waals surface area contributed by atoms with Crippen molar-refractivity contribution in [2.75, 3.05) is 6.61 Å². The molecule has 0 aliphatic heterocycles. The zero-order valence-corrected chi connectivity index (χ0v) is 11.7. The van der Waals surface area contributed by atoms with Gasteiger partial charge in [0, 0.05) is 23.4 Å². The van der Waals surface area contributed by atoms with Gasteiger partial charge < -0.3 is 10.5 Å². The molecule has 0 aliphatic rings. The third kappa shape index (κ3) is 3.02. The zero-order valence-electron chi connectivity index (χ0n) is 10.1. The topological polar surface area (TPSA) is 48.1 Å². The van der Waals surface area contributed by atoms with Gasteiger partial charge in [-0.1, -0.05) is 23.7 Å². The molecule has 0 atom stereocenters. The second kappa shape index (κ2) is 6.18. The van der Waals surface area contributed by atoms with E-state index in [0.717, 1.165) is 17.7 Å². The van der Waals surface area contributed by atoms with Crippen molar-refractivity contribution in [3.05, 3.63) is 44.9 Å². The number of aromatic nitrogens is 1. The SMILES string of the molecule is Cc1ncsc1CCOc1c(Cl)cccc1CN. The van der Waals surface area contributed by atoms with Crippen molar-refractivity contribution in [3.63, 3.8) is 0 Å². The zero-order chi connectivity index (χ0) is 13.0. The van der Waals surface area contributed by atoms with Crippen LogP contribution in [0.1, 0.15) is 16.1 Å². The number of benzene rings is 1. The monoisotopic (exact) mass is 282 g/mol. The molecule has 1 heterocycles. The van der Waals surface area contributed by atoms with Gasteiger partial charge in [0.2, 0.25) is 0 Å². The number of hydrogen-bond donors (Lipinski definition) is 1. The molecule has 0 bridgehead atoms. The Labute approximate surface area is 116 Å². The van der Waals surface area contributed by atoms with Gasteiger partial charge in [-0.05, 0) is 13.0 Å². The third-order valence-corrected chi connectivity index (χ3v) is 3.98. The number of rotatable bonds is 5. The summed E-state index contributed by atoms with van der Waals surface area (Å²) >= 11 is 7.76. The number of nitrogens with zero attached hydrogens (tertiary/aromatic N) is 1. The summed E-state index contributed by atoms with van der Waals surface area (Å²) in [6, 6.07) is 5.62. The Bertz CT molecular complexity index is 527. The summed E-state index contributed by atoms with van der Waals surface area (Å²) in [5.74, 6) is 0.698. The van der Waals surface area contributed by atoms with Crippen molar-refractivity contribution < 1.29 is 4.74 Å². The van der Waals surface area contributed by atoms with E-state index in [-0.39, 0.29) is 0 Å². The molecule has 18 heavy (non-hydrogen) atoms. The summed E-state index contributed by atoms with van der Waals surface area (Å²) in [5, 5.41) is 0.610. The second-order valence-electron chi connectivity index (χ2n) is 3.89. The lowest BCUT2D eigenvalue weighted by Crippen LogP contribution is -2.06. The second-order valence-corrected chi connectivity index (χ2v) is 5.24. The van der Waals surface area contributed by atoms with E-state index in [1.165, 1.54) is 4.88 Å². The number of hydrogen-bond acceptors (Lipinski definition) is 4. The summed E-state index contributed by atoms with van der Waals surface area (Å²) in [6.07, 6.45) is 0.839. The van der Waals surface area contributed by atoms with Gasteiger partial charge in [-0.2, -0.15) is 0 Å². The Morgan fingerprint density at radius 2 is 2.28 bits per heavy atom. The molecule has 0 amide bonds. The highest BCUT2D eigenvalue weighted by Crippen LogP contribution is 2.28. The lowest BCUT2D eigenvalue weighted by atomic mass is 10.2.